The molecule has 2 rings (SSSR count). The molecule has 1 unspecified atom stereocenters. The molecule has 1 aliphatic heterocycles. The fourth-order valence-electron chi connectivity index (χ4n) is 2.04. The van der Waals surface area contributed by atoms with Crippen molar-refractivity contribution in [1.29, 1.82) is 0 Å². The average Bonchev–Trinajstić information content (AvgIpc) is 3.09. The Kier molecular flexibility index (Phi) is 7.11. The lowest BCUT2D eigenvalue weighted by Crippen LogP contribution is -2.41. The van der Waals surface area contributed by atoms with Crippen molar-refractivity contribution in [2.75, 3.05) is 32.1 Å². The van der Waals surface area contributed by atoms with E-state index in [1.54, 1.807) is 7.11 Å². The van der Waals surface area contributed by atoms with Gasteiger partial charge in [0, 0.05) is 19.0 Å². The van der Waals surface area contributed by atoms with E-state index in [4.69, 9.17) is 14.6 Å². The number of ether oxygens (including phenoxy) is 1. The quantitative estimate of drug-likeness (QED) is 0.746. The van der Waals surface area contributed by atoms with Crippen molar-refractivity contribution < 1.29 is 32.6 Å². The van der Waals surface area contributed by atoms with Gasteiger partial charge < -0.3 is 20.5 Å². The first kappa shape index (κ1) is 20.3. The van der Waals surface area contributed by atoms with E-state index in [0.29, 0.717) is 18.3 Å². The standard InChI is InChI=1S/C11H17N3O2S.C2HF3O2/c1-8-5-17-10(13-8)14-9(15)11(7-16-2)3-4-12-6-11;3-2(4,5)1(6)7/h5,12H,3-4,6-7H2,1-2H3,(H,13,14,15);(H,6,7). The van der Waals surface area contributed by atoms with Gasteiger partial charge in [-0.25, -0.2) is 9.78 Å². The second-order valence-electron chi connectivity index (χ2n) is 5.19. The van der Waals surface area contributed by atoms with Crippen LogP contribution < -0.4 is 10.6 Å². The summed E-state index contributed by atoms with van der Waals surface area (Å²) in [5.74, 6) is -2.76. The van der Waals surface area contributed by atoms with E-state index in [2.05, 4.69) is 15.6 Å². The van der Waals surface area contributed by atoms with Crippen molar-refractivity contribution in [2.45, 2.75) is 19.5 Å². The number of nitrogens with zero attached hydrogens (tertiary/aromatic N) is 1. The Morgan fingerprint density at radius 3 is 2.54 bits per heavy atom. The van der Waals surface area contributed by atoms with E-state index >= 15 is 0 Å². The number of nitrogens with one attached hydrogen (secondary N) is 2. The molecule has 1 aliphatic rings. The first-order chi connectivity index (χ1) is 11.1. The number of carboxylic acid groups (broad SMARTS) is 1. The van der Waals surface area contributed by atoms with Gasteiger partial charge in [-0.2, -0.15) is 13.2 Å². The highest BCUT2D eigenvalue weighted by Gasteiger charge is 2.41. The number of carboxylic acids is 1. The van der Waals surface area contributed by atoms with Crippen LogP contribution in [0.25, 0.3) is 0 Å². The van der Waals surface area contributed by atoms with Gasteiger partial charge >= 0.3 is 12.1 Å². The van der Waals surface area contributed by atoms with Crippen LogP contribution in [0.5, 0.6) is 0 Å². The second-order valence-corrected chi connectivity index (χ2v) is 6.05. The largest absolute Gasteiger partial charge is 0.490 e. The number of aliphatic carboxylic acids is 1. The summed E-state index contributed by atoms with van der Waals surface area (Å²) in [6.45, 7) is 3.87. The van der Waals surface area contributed by atoms with Crippen LogP contribution in [-0.2, 0) is 14.3 Å². The van der Waals surface area contributed by atoms with Crippen molar-refractivity contribution in [3.8, 4) is 0 Å². The molecule has 0 spiro atoms. The van der Waals surface area contributed by atoms with Crippen LogP contribution in [0.4, 0.5) is 18.3 Å². The van der Waals surface area contributed by atoms with Crippen LogP contribution in [0, 0.1) is 12.3 Å². The summed E-state index contributed by atoms with van der Waals surface area (Å²) in [5, 5.41) is 15.8. The highest BCUT2D eigenvalue weighted by molar-refractivity contribution is 7.13. The lowest BCUT2D eigenvalue weighted by atomic mass is 9.87. The van der Waals surface area contributed by atoms with Crippen LogP contribution in [0.1, 0.15) is 12.1 Å². The highest BCUT2D eigenvalue weighted by Crippen LogP contribution is 2.28. The number of thiazole rings is 1. The molecule has 24 heavy (non-hydrogen) atoms. The Morgan fingerprint density at radius 2 is 2.17 bits per heavy atom. The van der Waals surface area contributed by atoms with Gasteiger partial charge in [-0.3, -0.25) is 4.79 Å². The number of hydrogen-bond acceptors (Lipinski definition) is 6. The third-order valence-electron chi connectivity index (χ3n) is 3.23. The van der Waals surface area contributed by atoms with Gasteiger partial charge in [0.05, 0.1) is 17.7 Å². The number of carbonyl (C=O) groups is 2. The second kappa shape index (κ2) is 8.40. The Hall–Kier alpha value is -1.72. The fourth-order valence-corrected chi connectivity index (χ4v) is 2.73. The van der Waals surface area contributed by atoms with Crippen molar-refractivity contribution in [1.82, 2.24) is 10.3 Å². The van der Waals surface area contributed by atoms with E-state index in [9.17, 15) is 18.0 Å². The topological polar surface area (TPSA) is 101 Å². The van der Waals surface area contributed by atoms with Gasteiger partial charge in [0.25, 0.3) is 0 Å². The van der Waals surface area contributed by atoms with Crippen molar-refractivity contribution >= 4 is 28.3 Å². The maximum absolute atomic E-state index is 12.3. The zero-order valence-corrected chi connectivity index (χ0v) is 13.9. The van der Waals surface area contributed by atoms with Crippen molar-refractivity contribution in [3.05, 3.63) is 11.1 Å². The first-order valence-electron chi connectivity index (χ1n) is 6.84. The zero-order chi connectivity index (χ0) is 18.4. The Labute approximate surface area is 140 Å². The molecule has 0 saturated carbocycles. The van der Waals surface area contributed by atoms with E-state index in [0.717, 1.165) is 18.7 Å². The molecular formula is C13H18F3N3O4S. The molecule has 1 atom stereocenters. The normalized spacial score (nSPS) is 20.2. The van der Waals surface area contributed by atoms with Crippen molar-refractivity contribution in [3.63, 3.8) is 0 Å². The Bertz CT molecular complexity index is 571. The minimum absolute atomic E-state index is 0.00120. The Morgan fingerprint density at radius 1 is 1.54 bits per heavy atom. The number of amides is 1. The number of aryl methyl sites for hydroxylation is 1. The third kappa shape index (κ3) is 5.73. The molecule has 1 fully saturated rings. The number of methoxy groups -OCH3 is 1. The van der Waals surface area contributed by atoms with Gasteiger partial charge in [-0.05, 0) is 19.9 Å². The van der Waals surface area contributed by atoms with Gasteiger partial charge in [-0.15, -0.1) is 11.3 Å². The van der Waals surface area contributed by atoms with E-state index in [-0.39, 0.29) is 5.91 Å². The van der Waals surface area contributed by atoms with E-state index in [1.165, 1.54) is 11.3 Å². The summed E-state index contributed by atoms with van der Waals surface area (Å²) in [4.78, 5) is 25.4. The number of alkyl halides is 3. The maximum atomic E-state index is 12.3. The molecule has 1 amide bonds. The molecular weight excluding hydrogens is 351 g/mol. The molecule has 3 N–H and O–H groups in total. The molecule has 1 saturated heterocycles. The molecule has 1 aromatic rings. The number of aromatic nitrogens is 1. The number of halogens is 3. The zero-order valence-electron chi connectivity index (χ0n) is 13.1. The maximum Gasteiger partial charge on any atom is 0.490 e. The van der Waals surface area contributed by atoms with Crippen LogP contribution in [-0.4, -0.2) is 54.9 Å². The van der Waals surface area contributed by atoms with Crippen LogP contribution in [0.2, 0.25) is 0 Å². The monoisotopic (exact) mass is 369 g/mol. The predicted octanol–water partition coefficient (Wildman–Crippen LogP) is 1.65. The number of rotatable bonds is 4. The Balaban J connectivity index is 0.000000351. The van der Waals surface area contributed by atoms with Crippen LogP contribution in [0.3, 0.4) is 0 Å². The average molecular weight is 369 g/mol. The molecule has 0 bridgehead atoms. The number of carbonyl (C=O) groups excluding carboxylic acids is 1. The summed E-state index contributed by atoms with van der Waals surface area (Å²) in [6, 6.07) is 0. The predicted molar refractivity (Wildman–Crippen MR) is 81.0 cm³/mol. The molecule has 2 heterocycles. The molecule has 0 aliphatic carbocycles. The minimum atomic E-state index is -5.08. The number of hydrogen-bond donors (Lipinski definition) is 3. The lowest BCUT2D eigenvalue weighted by Gasteiger charge is -2.25. The summed E-state index contributed by atoms with van der Waals surface area (Å²) in [7, 11) is 1.63. The molecule has 7 nitrogen and oxygen atoms in total. The summed E-state index contributed by atoms with van der Waals surface area (Å²) in [5.41, 5.74) is 0.476. The molecule has 0 aromatic carbocycles. The van der Waals surface area contributed by atoms with E-state index < -0.39 is 17.6 Å². The number of anilines is 1. The molecule has 0 radical (unpaired) electrons. The minimum Gasteiger partial charge on any atom is -0.475 e. The lowest BCUT2D eigenvalue weighted by molar-refractivity contribution is -0.192. The first-order valence-corrected chi connectivity index (χ1v) is 7.72. The van der Waals surface area contributed by atoms with Gasteiger partial charge in [0.2, 0.25) is 5.91 Å². The van der Waals surface area contributed by atoms with Crippen LogP contribution >= 0.6 is 11.3 Å². The summed E-state index contributed by atoms with van der Waals surface area (Å²) >= 11 is 1.45. The third-order valence-corrected chi connectivity index (χ3v) is 4.10. The highest BCUT2D eigenvalue weighted by atomic mass is 32.1. The molecule has 136 valence electrons. The molecule has 11 heteroatoms. The van der Waals surface area contributed by atoms with Crippen molar-refractivity contribution in [2.24, 2.45) is 5.41 Å². The van der Waals surface area contributed by atoms with Gasteiger partial charge in [-0.1, -0.05) is 0 Å². The van der Waals surface area contributed by atoms with Gasteiger partial charge in [0.15, 0.2) is 5.13 Å². The summed E-state index contributed by atoms with van der Waals surface area (Å²) < 4.78 is 36.9. The van der Waals surface area contributed by atoms with E-state index in [1.807, 2.05) is 12.3 Å². The molecule has 1 aromatic heterocycles. The SMILES string of the molecule is COCC1(C(=O)Nc2nc(C)cs2)CCNC1.O=C(O)C(F)(F)F. The summed E-state index contributed by atoms with van der Waals surface area (Å²) in [6.07, 6.45) is -4.28. The smallest absolute Gasteiger partial charge is 0.475 e. The fraction of sp³-hybridized carbons (Fsp3) is 0.615. The van der Waals surface area contributed by atoms with Crippen LogP contribution in [0.15, 0.2) is 5.38 Å². The van der Waals surface area contributed by atoms with Gasteiger partial charge in [0.1, 0.15) is 0 Å².